The Balaban J connectivity index is 1.14. The van der Waals surface area contributed by atoms with E-state index in [1.807, 2.05) is 0 Å². The number of rotatable bonds is 6. The van der Waals surface area contributed by atoms with Gasteiger partial charge in [0.1, 0.15) is 0 Å². The van der Waals surface area contributed by atoms with Crippen molar-refractivity contribution < 1.29 is 0 Å². The zero-order valence-electron chi connectivity index (χ0n) is 28.9. The molecule has 0 N–H and O–H groups in total. The van der Waals surface area contributed by atoms with Crippen molar-refractivity contribution >= 4 is 55.7 Å². The summed E-state index contributed by atoms with van der Waals surface area (Å²) < 4.78 is 0. The predicted octanol–water partition coefficient (Wildman–Crippen LogP) is 13.8. The van der Waals surface area contributed by atoms with Gasteiger partial charge in [0.25, 0.3) is 0 Å². The molecule has 1 aliphatic carbocycles. The maximum Gasteiger partial charge on any atom is 0.0490 e. The molecule has 0 aromatic heterocycles. The second-order valence-electron chi connectivity index (χ2n) is 13.8. The number of hydrogen-bond donors (Lipinski definition) is 0. The fourth-order valence-corrected chi connectivity index (χ4v) is 7.80. The van der Waals surface area contributed by atoms with Crippen molar-refractivity contribution in [3.63, 3.8) is 0 Å². The van der Waals surface area contributed by atoms with Crippen LogP contribution in [-0.4, -0.2) is 0 Å². The molecule has 0 aliphatic heterocycles. The van der Waals surface area contributed by atoms with Crippen LogP contribution >= 0.6 is 0 Å². The number of aryl methyl sites for hydroxylation is 4. The summed E-state index contributed by atoms with van der Waals surface area (Å²) >= 11 is 0. The third kappa shape index (κ3) is 5.04. The topological polar surface area (TPSA) is 6.48 Å². The van der Waals surface area contributed by atoms with E-state index < -0.39 is 0 Å². The maximum atomic E-state index is 2.39. The van der Waals surface area contributed by atoms with Crippen molar-refractivity contribution in [2.45, 2.75) is 27.7 Å². The largest absolute Gasteiger partial charge is 0.310 e. The van der Waals surface area contributed by atoms with Gasteiger partial charge in [-0.3, -0.25) is 0 Å². The van der Waals surface area contributed by atoms with Crippen LogP contribution in [0.5, 0.6) is 0 Å². The van der Waals surface area contributed by atoms with Crippen molar-refractivity contribution in [2.75, 3.05) is 9.80 Å². The molecule has 0 radical (unpaired) electrons. The van der Waals surface area contributed by atoms with Gasteiger partial charge in [0.2, 0.25) is 0 Å². The van der Waals surface area contributed by atoms with Crippen LogP contribution in [0.15, 0.2) is 158 Å². The van der Waals surface area contributed by atoms with E-state index in [1.165, 1.54) is 77.4 Å². The highest BCUT2D eigenvalue weighted by molar-refractivity contribution is 6.12. The van der Waals surface area contributed by atoms with Crippen molar-refractivity contribution in [2.24, 2.45) is 0 Å². The highest BCUT2D eigenvalue weighted by Crippen LogP contribution is 2.51. The lowest BCUT2D eigenvalue weighted by Crippen LogP contribution is -2.11. The highest BCUT2D eigenvalue weighted by Gasteiger charge is 2.25. The minimum Gasteiger partial charge on any atom is -0.310 e. The van der Waals surface area contributed by atoms with Gasteiger partial charge in [0.05, 0.1) is 0 Å². The normalized spacial score (nSPS) is 11.6. The number of para-hydroxylation sites is 2. The molecular formula is C48H38N2. The molecule has 0 saturated heterocycles. The van der Waals surface area contributed by atoms with Crippen molar-refractivity contribution in [1.29, 1.82) is 0 Å². The average Bonchev–Trinajstić information content (AvgIpc) is 3.13. The first-order valence-electron chi connectivity index (χ1n) is 17.4. The molecule has 0 heterocycles. The molecule has 9 rings (SSSR count). The van der Waals surface area contributed by atoms with Gasteiger partial charge in [0.15, 0.2) is 0 Å². The molecule has 2 nitrogen and oxygen atoms in total. The van der Waals surface area contributed by atoms with Gasteiger partial charge >= 0.3 is 0 Å². The van der Waals surface area contributed by atoms with E-state index in [0.29, 0.717) is 0 Å². The van der Waals surface area contributed by atoms with Crippen LogP contribution in [0.3, 0.4) is 0 Å². The molecule has 240 valence electrons. The molecule has 0 bridgehead atoms. The summed E-state index contributed by atoms with van der Waals surface area (Å²) in [5, 5.41) is 5.01. The Morgan fingerprint density at radius 3 is 1.06 bits per heavy atom. The third-order valence-corrected chi connectivity index (χ3v) is 10.2. The van der Waals surface area contributed by atoms with Crippen LogP contribution in [0, 0.1) is 27.7 Å². The van der Waals surface area contributed by atoms with E-state index >= 15 is 0 Å². The van der Waals surface area contributed by atoms with Gasteiger partial charge in [0, 0.05) is 34.1 Å². The number of anilines is 6. The molecule has 2 heteroatoms. The third-order valence-electron chi connectivity index (χ3n) is 10.2. The maximum absolute atomic E-state index is 2.39. The lowest BCUT2D eigenvalue weighted by atomic mass is 9.78. The molecule has 0 unspecified atom stereocenters. The van der Waals surface area contributed by atoms with Crippen LogP contribution in [0.4, 0.5) is 34.1 Å². The second-order valence-corrected chi connectivity index (χ2v) is 13.8. The van der Waals surface area contributed by atoms with Gasteiger partial charge in [-0.1, -0.05) is 83.9 Å². The fraction of sp³-hybridized carbons (Fsp3) is 0.0833. The fourth-order valence-electron chi connectivity index (χ4n) is 7.80. The first-order chi connectivity index (χ1) is 24.4. The lowest BCUT2D eigenvalue weighted by molar-refractivity contribution is 1.24. The zero-order valence-corrected chi connectivity index (χ0v) is 28.9. The van der Waals surface area contributed by atoms with Crippen LogP contribution < -0.4 is 9.80 Å². The quantitative estimate of drug-likeness (QED) is 0.178. The summed E-state index contributed by atoms with van der Waals surface area (Å²) in [4.78, 5) is 4.76. The number of hydrogen-bond acceptors (Lipinski definition) is 2. The van der Waals surface area contributed by atoms with Crippen LogP contribution in [-0.2, 0) is 0 Å². The van der Waals surface area contributed by atoms with Crippen LogP contribution in [0.1, 0.15) is 22.3 Å². The van der Waals surface area contributed by atoms with Crippen molar-refractivity contribution in [3.05, 3.63) is 180 Å². The van der Waals surface area contributed by atoms with E-state index in [0.717, 1.165) is 22.7 Å². The molecule has 0 saturated carbocycles. The minimum absolute atomic E-state index is 1.15. The van der Waals surface area contributed by atoms with Crippen molar-refractivity contribution in [3.8, 4) is 22.3 Å². The molecule has 0 fully saturated rings. The first kappa shape index (κ1) is 30.0. The van der Waals surface area contributed by atoms with Gasteiger partial charge in [-0.2, -0.15) is 0 Å². The summed E-state index contributed by atoms with van der Waals surface area (Å²) in [6.07, 6.45) is 0. The van der Waals surface area contributed by atoms with Crippen LogP contribution in [0.25, 0.3) is 43.8 Å². The predicted molar refractivity (Wildman–Crippen MR) is 214 cm³/mol. The van der Waals surface area contributed by atoms with Gasteiger partial charge in [-0.05, 0) is 168 Å². The number of fused-ring (bicyclic) bond motifs is 6. The van der Waals surface area contributed by atoms with Gasteiger partial charge < -0.3 is 9.80 Å². The minimum atomic E-state index is 1.15. The van der Waals surface area contributed by atoms with Gasteiger partial charge in [-0.25, -0.2) is 0 Å². The van der Waals surface area contributed by atoms with E-state index in [9.17, 15) is 0 Å². The Morgan fingerprint density at radius 2 is 0.680 bits per heavy atom. The summed E-state index contributed by atoms with van der Waals surface area (Å²) in [7, 11) is 0. The number of benzene rings is 8. The summed E-state index contributed by atoms with van der Waals surface area (Å²) in [5.41, 5.74) is 17.4. The van der Waals surface area contributed by atoms with Crippen LogP contribution in [0.2, 0.25) is 0 Å². The molecule has 0 amide bonds. The summed E-state index contributed by atoms with van der Waals surface area (Å²) in [6, 6.07) is 58.1. The van der Waals surface area contributed by atoms with E-state index in [1.54, 1.807) is 0 Å². The first-order valence-corrected chi connectivity index (χ1v) is 17.4. The standard InChI is InChI=1S/C48H38N2/c1-31-15-21-47(33(3)23-31)49(39-11-7-5-8-12-39)41-19-17-35-27-43-44-28-36-18-20-42(26-38(36)30-46(44)45(43)29-37(35)25-41)50(40-13-9-6-10-14-40)48-22-16-32(2)24-34(48)4/h5-30H,1-4H3. The summed E-state index contributed by atoms with van der Waals surface area (Å²) in [5.74, 6) is 0. The second kappa shape index (κ2) is 11.8. The molecule has 8 aromatic rings. The zero-order chi connectivity index (χ0) is 33.9. The van der Waals surface area contributed by atoms with E-state index in [-0.39, 0.29) is 0 Å². The lowest BCUT2D eigenvalue weighted by Gasteiger charge is -2.29. The molecule has 8 aromatic carbocycles. The Bertz CT molecular complexity index is 2400. The Morgan fingerprint density at radius 1 is 0.300 bits per heavy atom. The SMILES string of the molecule is Cc1ccc(N(c2ccccc2)c2ccc3cc4c(cc3c2)-c2cc3cc(N(c5ccccc5)c5ccc(C)cc5C)ccc3cc2-4)c(C)c1. The Labute approximate surface area is 294 Å². The number of nitrogens with zero attached hydrogens (tertiary/aromatic N) is 2. The monoisotopic (exact) mass is 642 g/mol. The molecule has 50 heavy (non-hydrogen) atoms. The molecular weight excluding hydrogens is 605 g/mol. The molecule has 0 atom stereocenters. The Hall–Kier alpha value is -6.12. The summed E-state index contributed by atoms with van der Waals surface area (Å²) in [6.45, 7) is 8.72. The van der Waals surface area contributed by atoms with Gasteiger partial charge in [-0.15, -0.1) is 0 Å². The molecule has 1 aliphatic rings. The van der Waals surface area contributed by atoms with Crippen molar-refractivity contribution in [1.82, 2.24) is 0 Å². The molecule has 0 spiro atoms. The Kier molecular flexibility index (Phi) is 7.07. The smallest absolute Gasteiger partial charge is 0.0490 e. The average molecular weight is 643 g/mol. The highest BCUT2D eigenvalue weighted by atomic mass is 15.1. The van der Waals surface area contributed by atoms with E-state index in [2.05, 4.69) is 195 Å². The van der Waals surface area contributed by atoms with E-state index in [4.69, 9.17) is 0 Å².